The quantitative estimate of drug-likeness (QED) is 0.848. The summed E-state index contributed by atoms with van der Waals surface area (Å²) in [5.41, 5.74) is 0.272. The Morgan fingerprint density at radius 3 is 2.73 bits per heavy atom. The van der Waals surface area contributed by atoms with Crippen molar-refractivity contribution in [3.8, 4) is 0 Å². The van der Waals surface area contributed by atoms with E-state index >= 15 is 0 Å². The van der Waals surface area contributed by atoms with Crippen LogP contribution in [0.3, 0.4) is 0 Å². The molecule has 1 aliphatic rings. The Labute approximate surface area is 102 Å². The molecule has 0 bridgehead atoms. The largest absolute Gasteiger partial charge is 0.309 e. The Morgan fingerprint density at radius 1 is 1.60 bits per heavy atom. The zero-order valence-electron chi connectivity index (χ0n) is 10.1. The maximum absolute atomic E-state index is 3.95. The van der Waals surface area contributed by atoms with Crippen LogP contribution in [0.2, 0.25) is 0 Å². The van der Waals surface area contributed by atoms with Crippen molar-refractivity contribution in [2.75, 3.05) is 19.6 Å². The van der Waals surface area contributed by atoms with Crippen LogP contribution in [0.1, 0.15) is 33.6 Å². The molecule has 0 aliphatic carbocycles. The second kappa shape index (κ2) is 5.46. The fraction of sp³-hybridized carbons (Fsp3) is 0.833. The first-order valence-corrected chi connectivity index (χ1v) is 6.62. The molecule has 2 atom stereocenters. The number of nitrogens with zero attached hydrogens (tertiary/aromatic N) is 1. The topological polar surface area (TPSA) is 15.3 Å². The van der Waals surface area contributed by atoms with Crippen molar-refractivity contribution in [3.05, 3.63) is 11.1 Å². The van der Waals surface area contributed by atoms with Gasteiger partial charge in [0.05, 0.1) is 0 Å². The normalized spacial score (nSPS) is 32.9. The standard InChI is InChI=1S/C12H23BrN2/c1-5-11-7-14-12(4,6-2)9-15(11)8-10(3)13/h11,14H,3,5-9H2,1-2,4H3. The van der Waals surface area contributed by atoms with Gasteiger partial charge in [0.1, 0.15) is 0 Å². The van der Waals surface area contributed by atoms with E-state index < -0.39 is 0 Å². The molecule has 0 aromatic rings. The predicted molar refractivity (Wildman–Crippen MR) is 70.4 cm³/mol. The summed E-state index contributed by atoms with van der Waals surface area (Å²) < 4.78 is 1.08. The Hall–Kier alpha value is 0.140. The van der Waals surface area contributed by atoms with E-state index in [-0.39, 0.29) is 5.54 Å². The molecule has 88 valence electrons. The van der Waals surface area contributed by atoms with Crippen LogP contribution in [0.5, 0.6) is 0 Å². The van der Waals surface area contributed by atoms with E-state index in [1.807, 2.05) is 0 Å². The van der Waals surface area contributed by atoms with E-state index in [2.05, 4.69) is 53.5 Å². The van der Waals surface area contributed by atoms with E-state index in [9.17, 15) is 0 Å². The van der Waals surface area contributed by atoms with Gasteiger partial charge in [-0.25, -0.2) is 0 Å². The average molecular weight is 275 g/mol. The monoisotopic (exact) mass is 274 g/mol. The molecule has 0 aromatic carbocycles. The van der Waals surface area contributed by atoms with E-state index in [0.717, 1.165) is 24.1 Å². The van der Waals surface area contributed by atoms with Crippen molar-refractivity contribution < 1.29 is 0 Å². The summed E-state index contributed by atoms with van der Waals surface area (Å²) in [6.45, 7) is 13.9. The molecule has 0 saturated carbocycles. The summed E-state index contributed by atoms with van der Waals surface area (Å²) in [6, 6.07) is 0.652. The van der Waals surface area contributed by atoms with E-state index in [1.54, 1.807) is 0 Å². The maximum atomic E-state index is 3.95. The molecule has 1 N–H and O–H groups in total. The highest BCUT2D eigenvalue weighted by molar-refractivity contribution is 9.11. The number of nitrogens with one attached hydrogen (secondary N) is 1. The highest BCUT2D eigenvalue weighted by Gasteiger charge is 2.33. The molecule has 1 heterocycles. The smallest absolute Gasteiger partial charge is 0.0298 e. The molecular formula is C12H23BrN2. The highest BCUT2D eigenvalue weighted by atomic mass is 79.9. The lowest BCUT2D eigenvalue weighted by atomic mass is 9.93. The number of rotatable bonds is 4. The molecule has 15 heavy (non-hydrogen) atoms. The lowest BCUT2D eigenvalue weighted by Gasteiger charge is -2.45. The molecule has 2 nitrogen and oxygen atoms in total. The fourth-order valence-corrected chi connectivity index (χ4v) is 2.49. The molecule has 0 aromatic heterocycles. The van der Waals surface area contributed by atoms with Crippen LogP contribution in [-0.4, -0.2) is 36.1 Å². The van der Waals surface area contributed by atoms with E-state index in [4.69, 9.17) is 0 Å². The molecule has 1 fully saturated rings. The Morgan fingerprint density at radius 2 is 2.27 bits per heavy atom. The first-order chi connectivity index (χ1) is 7.00. The van der Waals surface area contributed by atoms with Gasteiger partial charge in [-0.2, -0.15) is 0 Å². The number of hydrogen-bond acceptors (Lipinski definition) is 2. The SMILES string of the molecule is C=C(Br)CN1CC(C)(CC)NCC1CC. The van der Waals surface area contributed by atoms with Gasteiger partial charge in [-0.3, -0.25) is 4.90 Å². The molecule has 1 aliphatic heterocycles. The van der Waals surface area contributed by atoms with Crippen molar-refractivity contribution in [1.82, 2.24) is 10.2 Å². The lowest BCUT2D eigenvalue weighted by molar-refractivity contribution is 0.0928. The molecule has 1 saturated heterocycles. The molecule has 3 heteroatoms. The molecule has 1 rings (SSSR count). The summed E-state index contributed by atoms with van der Waals surface area (Å²) in [4.78, 5) is 2.54. The van der Waals surface area contributed by atoms with Gasteiger partial charge in [0.2, 0.25) is 0 Å². The fourth-order valence-electron chi connectivity index (χ4n) is 2.17. The number of halogens is 1. The van der Waals surface area contributed by atoms with Crippen LogP contribution in [0.4, 0.5) is 0 Å². The minimum atomic E-state index is 0.272. The Kier molecular flexibility index (Phi) is 4.81. The van der Waals surface area contributed by atoms with Gasteiger partial charge in [-0.05, 0) is 19.8 Å². The van der Waals surface area contributed by atoms with Gasteiger partial charge in [-0.1, -0.05) is 36.4 Å². The van der Waals surface area contributed by atoms with Gasteiger partial charge < -0.3 is 5.32 Å². The van der Waals surface area contributed by atoms with Crippen molar-refractivity contribution in [2.45, 2.75) is 45.2 Å². The number of piperazine rings is 1. The van der Waals surface area contributed by atoms with Crippen LogP contribution >= 0.6 is 15.9 Å². The second-order valence-corrected chi connectivity index (χ2v) is 5.90. The van der Waals surface area contributed by atoms with Crippen molar-refractivity contribution in [3.63, 3.8) is 0 Å². The van der Waals surface area contributed by atoms with Gasteiger partial charge >= 0.3 is 0 Å². The first-order valence-electron chi connectivity index (χ1n) is 5.83. The third-order valence-corrected chi connectivity index (χ3v) is 3.71. The minimum Gasteiger partial charge on any atom is -0.309 e. The first kappa shape index (κ1) is 13.2. The summed E-state index contributed by atoms with van der Waals surface area (Å²) in [6.07, 6.45) is 2.38. The zero-order chi connectivity index (χ0) is 11.5. The summed E-state index contributed by atoms with van der Waals surface area (Å²) in [7, 11) is 0. The summed E-state index contributed by atoms with van der Waals surface area (Å²) in [5.74, 6) is 0. The molecular weight excluding hydrogens is 252 g/mol. The van der Waals surface area contributed by atoms with Crippen molar-refractivity contribution in [2.24, 2.45) is 0 Å². The van der Waals surface area contributed by atoms with Crippen LogP contribution in [0.15, 0.2) is 11.1 Å². The van der Waals surface area contributed by atoms with Crippen LogP contribution in [0.25, 0.3) is 0 Å². The molecule has 0 spiro atoms. The third kappa shape index (κ3) is 3.58. The average Bonchev–Trinajstić information content (AvgIpc) is 2.17. The van der Waals surface area contributed by atoms with E-state index in [1.165, 1.54) is 12.8 Å². The van der Waals surface area contributed by atoms with Gasteiger partial charge in [0, 0.05) is 35.7 Å². The van der Waals surface area contributed by atoms with Crippen LogP contribution < -0.4 is 5.32 Å². The van der Waals surface area contributed by atoms with Gasteiger partial charge in [0.15, 0.2) is 0 Å². The second-order valence-electron chi connectivity index (χ2n) is 4.78. The number of hydrogen-bond donors (Lipinski definition) is 1. The van der Waals surface area contributed by atoms with Crippen molar-refractivity contribution in [1.29, 1.82) is 0 Å². The summed E-state index contributed by atoms with van der Waals surface area (Å²) in [5, 5.41) is 3.66. The van der Waals surface area contributed by atoms with E-state index in [0.29, 0.717) is 6.04 Å². The molecule has 2 unspecified atom stereocenters. The van der Waals surface area contributed by atoms with Gasteiger partial charge in [-0.15, -0.1) is 0 Å². The summed E-state index contributed by atoms with van der Waals surface area (Å²) >= 11 is 3.47. The lowest BCUT2D eigenvalue weighted by Crippen LogP contribution is -2.62. The van der Waals surface area contributed by atoms with Crippen LogP contribution in [0, 0.1) is 0 Å². The predicted octanol–water partition coefficient (Wildman–Crippen LogP) is 2.75. The molecule has 0 amide bonds. The minimum absolute atomic E-state index is 0.272. The Balaban J connectivity index is 2.64. The highest BCUT2D eigenvalue weighted by Crippen LogP contribution is 2.21. The Bertz CT molecular complexity index is 230. The van der Waals surface area contributed by atoms with Crippen LogP contribution in [-0.2, 0) is 0 Å². The van der Waals surface area contributed by atoms with Gasteiger partial charge in [0.25, 0.3) is 0 Å². The zero-order valence-corrected chi connectivity index (χ0v) is 11.7. The maximum Gasteiger partial charge on any atom is 0.0298 e. The molecule has 0 radical (unpaired) electrons. The van der Waals surface area contributed by atoms with Crippen molar-refractivity contribution >= 4 is 15.9 Å². The third-order valence-electron chi connectivity index (χ3n) is 3.46.